The minimum Gasteiger partial charge on any atom is -0.430 e. The monoisotopic (exact) mass is 236 g/mol. The van der Waals surface area contributed by atoms with Crippen molar-refractivity contribution in [2.24, 2.45) is 0 Å². The number of hydrogen-bond acceptors (Lipinski definition) is 5. The average molecular weight is 236 g/mol. The van der Waals surface area contributed by atoms with Gasteiger partial charge in [0, 0.05) is 32.4 Å². The number of carbonyl (C=O) groups is 1. The van der Waals surface area contributed by atoms with E-state index in [0.717, 1.165) is 6.26 Å². The molecule has 0 radical (unpaired) electrons. The summed E-state index contributed by atoms with van der Waals surface area (Å²) in [4.78, 5) is 13.0. The minimum atomic E-state index is -3.32. The molecule has 6 nitrogen and oxygen atoms in total. The van der Waals surface area contributed by atoms with E-state index in [1.165, 1.54) is 11.8 Å². The van der Waals surface area contributed by atoms with Crippen LogP contribution in [0.25, 0.3) is 0 Å². The third-order valence-corrected chi connectivity index (χ3v) is 3.55. The van der Waals surface area contributed by atoms with E-state index in [-0.39, 0.29) is 0 Å². The van der Waals surface area contributed by atoms with Gasteiger partial charge in [-0.2, -0.15) is 0 Å². The fourth-order valence-electron chi connectivity index (χ4n) is 1.15. The maximum absolute atomic E-state index is 11.5. The maximum atomic E-state index is 11.5. The Morgan fingerprint density at radius 3 is 2.40 bits per heavy atom. The molecule has 0 spiro atoms. The van der Waals surface area contributed by atoms with Crippen molar-refractivity contribution in [3.8, 4) is 0 Å². The van der Waals surface area contributed by atoms with Crippen LogP contribution in [0, 0.1) is 0 Å². The van der Waals surface area contributed by atoms with Crippen LogP contribution in [-0.4, -0.2) is 57.3 Å². The molecule has 1 fully saturated rings. The molecule has 1 aliphatic heterocycles. The van der Waals surface area contributed by atoms with Crippen molar-refractivity contribution >= 4 is 15.9 Å². The van der Waals surface area contributed by atoms with Crippen LogP contribution in [0.15, 0.2) is 0 Å². The van der Waals surface area contributed by atoms with Crippen LogP contribution in [0.1, 0.15) is 6.92 Å². The van der Waals surface area contributed by atoms with E-state index < -0.39 is 21.4 Å². The van der Waals surface area contributed by atoms with Gasteiger partial charge in [-0.15, -0.1) is 0 Å². The van der Waals surface area contributed by atoms with E-state index in [2.05, 4.69) is 5.32 Å². The Hall–Kier alpha value is -0.820. The highest BCUT2D eigenvalue weighted by Gasteiger charge is 2.24. The standard InChI is InChI=1S/C8H16N2O4S/c1-7(15(2,12)13)14-8(11)10-5-3-9-4-6-10/h7,9H,3-6H2,1-2H3. The molecule has 1 N–H and O–H groups in total. The summed E-state index contributed by atoms with van der Waals surface area (Å²) in [5, 5.41) is 3.09. The molecule has 1 heterocycles. The van der Waals surface area contributed by atoms with Crippen molar-refractivity contribution in [2.75, 3.05) is 32.4 Å². The zero-order valence-electron chi connectivity index (χ0n) is 8.89. The summed E-state index contributed by atoms with van der Waals surface area (Å²) in [5.41, 5.74) is -1.08. The van der Waals surface area contributed by atoms with Gasteiger partial charge >= 0.3 is 6.09 Å². The quantitative estimate of drug-likeness (QED) is 0.694. The molecular formula is C8H16N2O4S. The molecule has 0 aliphatic carbocycles. The molecular weight excluding hydrogens is 220 g/mol. The van der Waals surface area contributed by atoms with Crippen molar-refractivity contribution < 1.29 is 17.9 Å². The predicted molar refractivity (Wildman–Crippen MR) is 55.2 cm³/mol. The van der Waals surface area contributed by atoms with Crippen LogP contribution >= 0.6 is 0 Å². The van der Waals surface area contributed by atoms with Gasteiger partial charge in [0.1, 0.15) is 0 Å². The number of nitrogens with one attached hydrogen (secondary N) is 1. The van der Waals surface area contributed by atoms with E-state index in [0.29, 0.717) is 26.2 Å². The Morgan fingerprint density at radius 2 is 1.93 bits per heavy atom. The molecule has 88 valence electrons. The van der Waals surface area contributed by atoms with Gasteiger partial charge in [-0.1, -0.05) is 0 Å². The molecule has 0 bridgehead atoms. The van der Waals surface area contributed by atoms with Gasteiger partial charge in [0.15, 0.2) is 9.84 Å². The molecule has 0 aromatic rings. The van der Waals surface area contributed by atoms with Crippen molar-refractivity contribution in [1.82, 2.24) is 10.2 Å². The maximum Gasteiger partial charge on any atom is 0.411 e. The Morgan fingerprint density at radius 1 is 1.40 bits per heavy atom. The zero-order valence-corrected chi connectivity index (χ0v) is 9.71. The van der Waals surface area contributed by atoms with Crippen molar-refractivity contribution in [1.29, 1.82) is 0 Å². The van der Waals surface area contributed by atoms with Gasteiger partial charge in [0.05, 0.1) is 0 Å². The van der Waals surface area contributed by atoms with Crippen LogP contribution in [0.2, 0.25) is 0 Å². The van der Waals surface area contributed by atoms with Gasteiger partial charge in [0.25, 0.3) is 0 Å². The van der Waals surface area contributed by atoms with Crippen molar-refractivity contribution in [3.05, 3.63) is 0 Å². The molecule has 0 saturated carbocycles. The number of ether oxygens (including phenoxy) is 1. The van der Waals surface area contributed by atoms with Crippen LogP contribution in [0.4, 0.5) is 4.79 Å². The summed E-state index contributed by atoms with van der Waals surface area (Å²) < 4.78 is 26.9. The Bertz CT molecular complexity index is 322. The second-order valence-corrected chi connectivity index (χ2v) is 5.84. The topological polar surface area (TPSA) is 75.7 Å². The second-order valence-electron chi connectivity index (χ2n) is 3.52. The highest BCUT2D eigenvalue weighted by Crippen LogP contribution is 2.04. The molecule has 1 aliphatic rings. The molecule has 15 heavy (non-hydrogen) atoms. The third kappa shape index (κ3) is 3.67. The summed E-state index contributed by atoms with van der Waals surface area (Å²) in [6.07, 6.45) is 0.484. The molecule has 0 aromatic carbocycles. The lowest BCUT2D eigenvalue weighted by atomic mass is 10.4. The lowest BCUT2D eigenvalue weighted by Crippen LogP contribution is -2.47. The van der Waals surface area contributed by atoms with E-state index in [1.54, 1.807) is 0 Å². The first-order chi connectivity index (χ1) is 6.91. The summed E-state index contributed by atoms with van der Waals surface area (Å²) in [5.74, 6) is 0. The normalized spacial score (nSPS) is 19.7. The number of carbonyl (C=O) groups excluding carboxylic acids is 1. The van der Waals surface area contributed by atoms with Gasteiger partial charge in [-0.05, 0) is 6.92 Å². The summed E-state index contributed by atoms with van der Waals surface area (Å²) in [6.45, 7) is 3.88. The first-order valence-electron chi connectivity index (χ1n) is 4.76. The van der Waals surface area contributed by atoms with Crippen molar-refractivity contribution in [3.63, 3.8) is 0 Å². The zero-order chi connectivity index (χ0) is 11.5. The van der Waals surface area contributed by atoms with E-state index >= 15 is 0 Å². The molecule has 1 saturated heterocycles. The third-order valence-electron chi connectivity index (χ3n) is 2.24. The fourth-order valence-corrected chi connectivity index (χ4v) is 1.41. The first kappa shape index (κ1) is 12.3. The number of nitrogens with zero attached hydrogens (tertiary/aromatic N) is 1. The smallest absolute Gasteiger partial charge is 0.411 e. The first-order valence-corrected chi connectivity index (χ1v) is 6.72. The van der Waals surface area contributed by atoms with E-state index in [4.69, 9.17) is 4.74 Å². The van der Waals surface area contributed by atoms with Gasteiger partial charge in [0.2, 0.25) is 5.44 Å². The Balaban J connectivity index is 2.47. The molecule has 1 atom stereocenters. The largest absolute Gasteiger partial charge is 0.430 e. The number of rotatable bonds is 2. The van der Waals surface area contributed by atoms with Crippen LogP contribution in [0.5, 0.6) is 0 Å². The van der Waals surface area contributed by atoms with Gasteiger partial charge < -0.3 is 15.0 Å². The molecule has 1 rings (SSSR count). The SMILES string of the molecule is CC(OC(=O)N1CCNCC1)S(C)(=O)=O. The fraction of sp³-hybridized carbons (Fsp3) is 0.875. The Kier molecular flexibility index (Phi) is 3.92. The van der Waals surface area contributed by atoms with Crippen LogP contribution in [0.3, 0.4) is 0 Å². The molecule has 7 heteroatoms. The second kappa shape index (κ2) is 4.80. The van der Waals surface area contributed by atoms with E-state index in [9.17, 15) is 13.2 Å². The summed E-state index contributed by atoms with van der Waals surface area (Å²) >= 11 is 0. The summed E-state index contributed by atoms with van der Waals surface area (Å²) in [7, 11) is -3.32. The molecule has 0 aromatic heterocycles. The summed E-state index contributed by atoms with van der Waals surface area (Å²) in [6, 6.07) is 0. The van der Waals surface area contributed by atoms with E-state index in [1.807, 2.05) is 0 Å². The minimum absolute atomic E-state index is 0.551. The van der Waals surface area contributed by atoms with Gasteiger partial charge in [-0.25, -0.2) is 13.2 Å². The highest BCUT2D eigenvalue weighted by atomic mass is 32.2. The number of amides is 1. The van der Waals surface area contributed by atoms with Gasteiger partial charge in [-0.3, -0.25) is 0 Å². The number of sulfone groups is 1. The lowest BCUT2D eigenvalue weighted by molar-refractivity contribution is 0.0906. The molecule has 1 unspecified atom stereocenters. The lowest BCUT2D eigenvalue weighted by Gasteiger charge is -2.27. The van der Waals surface area contributed by atoms with Crippen LogP contribution < -0.4 is 5.32 Å². The molecule has 1 amide bonds. The predicted octanol–water partition coefficient (Wildman–Crippen LogP) is -0.581. The average Bonchev–Trinajstić information content (AvgIpc) is 2.17. The highest BCUT2D eigenvalue weighted by molar-refractivity contribution is 7.91. The Labute approximate surface area is 89.5 Å². The van der Waals surface area contributed by atoms with Crippen LogP contribution in [-0.2, 0) is 14.6 Å². The van der Waals surface area contributed by atoms with Crippen molar-refractivity contribution in [2.45, 2.75) is 12.4 Å². The number of piperazine rings is 1. The number of hydrogen-bond donors (Lipinski definition) is 1.